The minimum absolute atomic E-state index is 0.0615. The number of alkyl carbamates (subject to hydrolysis) is 1. The van der Waals surface area contributed by atoms with Crippen molar-refractivity contribution in [2.45, 2.75) is 84.4 Å². The highest BCUT2D eigenvalue weighted by atomic mass is 16.6. The molecule has 0 aliphatic heterocycles. The summed E-state index contributed by atoms with van der Waals surface area (Å²) in [5.74, 6) is 1.97. The minimum Gasteiger partial charge on any atom is -0.444 e. The lowest BCUT2D eigenvalue weighted by Gasteiger charge is -2.32. The molecule has 1 fully saturated rings. The molecule has 1 saturated carbocycles. The number of amides is 1. The average Bonchev–Trinajstić information content (AvgIpc) is 3.33. The molecule has 1 aliphatic carbocycles. The molecule has 3 aromatic heterocycles. The van der Waals surface area contributed by atoms with Crippen LogP contribution in [-0.4, -0.2) is 42.4 Å². The van der Waals surface area contributed by atoms with Gasteiger partial charge in [-0.25, -0.2) is 9.78 Å². The quantitative estimate of drug-likeness (QED) is 0.613. The summed E-state index contributed by atoms with van der Waals surface area (Å²) in [5.41, 5.74) is 2.01. The van der Waals surface area contributed by atoms with E-state index in [0.717, 1.165) is 49.0 Å². The van der Waals surface area contributed by atoms with Gasteiger partial charge < -0.3 is 19.1 Å². The van der Waals surface area contributed by atoms with Crippen molar-refractivity contribution in [2.75, 3.05) is 0 Å². The molecule has 1 N–H and O–H groups in total. The van der Waals surface area contributed by atoms with E-state index >= 15 is 0 Å². The van der Waals surface area contributed by atoms with Gasteiger partial charge in [0.2, 0.25) is 12.2 Å². The molecule has 0 saturated heterocycles. The molecule has 4 rings (SSSR count). The number of aromatic nitrogens is 5. The number of hydrogen-bond acceptors (Lipinski definition) is 7. The third-order valence-electron chi connectivity index (χ3n) is 5.56. The van der Waals surface area contributed by atoms with Crippen molar-refractivity contribution in [1.82, 2.24) is 30.0 Å². The number of imidazole rings is 1. The van der Waals surface area contributed by atoms with Gasteiger partial charge in [-0.2, -0.15) is 4.98 Å². The summed E-state index contributed by atoms with van der Waals surface area (Å²) in [4.78, 5) is 25.9. The molecule has 2 atom stereocenters. The molecule has 172 valence electrons. The first kappa shape index (κ1) is 22.2. The summed E-state index contributed by atoms with van der Waals surface area (Å²) >= 11 is 0. The first-order valence-electron chi connectivity index (χ1n) is 11.3. The lowest BCUT2D eigenvalue weighted by atomic mass is 9.90. The fraction of sp³-hybridized carbons (Fsp3) is 0.609. The van der Waals surface area contributed by atoms with Crippen LogP contribution in [0.3, 0.4) is 0 Å². The number of pyridine rings is 1. The van der Waals surface area contributed by atoms with Crippen molar-refractivity contribution in [3.63, 3.8) is 0 Å². The summed E-state index contributed by atoms with van der Waals surface area (Å²) in [7, 11) is 0. The fourth-order valence-electron chi connectivity index (χ4n) is 4.37. The Bertz CT molecular complexity index is 1070. The molecule has 9 heteroatoms. The van der Waals surface area contributed by atoms with Crippen LogP contribution < -0.4 is 5.32 Å². The van der Waals surface area contributed by atoms with Crippen molar-refractivity contribution in [3.8, 4) is 11.5 Å². The van der Waals surface area contributed by atoms with Gasteiger partial charge in [-0.15, -0.1) is 0 Å². The Morgan fingerprint density at radius 3 is 2.81 bits per heavy atom. The summed E-state index contributed by atoms with van der Waals surface area (Å²) in [5, 5.41) is 6.99. The molecule has 1 amide bonds. The number of rotatable bonds is 5. The van der Waals surface area contributed by atoms with Crippen molar-refractivity contribution in [2.24, 2.45) is 5.92 Å². The first-order chi connectivity index (χ1) is 15.2. The van der Waals surface area contributed by atoms with E-state index in [-0.39, 0.29) is 18.2 Å². The van der Waals surface area contributed by atoms with E-state index in [1.807, 2.05) is 26.8 Å². The average molecular weight is 441 g/mol. The lowest BCUT2D eigenvalue weighted by molar-refractivity contribution is 0.0486. The van der Waals surface area contributed by atoms with Crippen LogP contribution in [0, 0.1) is 5.92 Å². The van der Waals surface area contributed by atoms with Gasteiger partial charge in [0.15, 0.2) is 0 Å². The van der Waals surface area contributed by atoms with E-state index in [0.29, 0.717) is 17.4 Å². The molecule has 0 bridgehead atoms. The number of ether oxygens (including phenoxy) is 1. The summed E-state index contributed by atoms with van der Waals surface area (Å²) in [6, 6.07) is 2.27. The van der Waals surface area contributed by atoms with Crippen LogP contribution >= 0.6 is 0 Å². The molecule has 3 aromatic rings. The van der Waals surface area contributed by atoms with Crippen LogP contribution in [0.15, 0.2) is 23.2 Å². The SMILES string of the molecule is CC(C)Cc1nc2cnc(-c3ncon3)cc2n1[C@@H]1CCC[C@H](NC(=O)OC(C)(C)C)C1. The Kier molecular flexibility index (Phi) is 6.17. The van der Waals surface area contributed by atoms with Gasteiger partial charge in [0.25, 0.3) is 0 Å². The predicted molar refractivity (Wildman–Crippen MR) is 120 cm³/mol. The zero-order valence-electron chi connectivity index (χ0n) is 19.5. The summed E-state index contributed by atoms with van der Waals surface area (Å²) in [6.45, 7) is 10.0. The van der Waals surface area contributed by atoms with Gasteiger partial charge in [0, 0.05) is 18.5 Å². The summed E-state index contributed by atoms with van der Waals surface area (Å²) < 4.78 is 12.7. The van der Waals surface area contributed by atoms with Crippen LogP contribution in [0.4, 0.5) is 4.79 Å². The van der Waals surface area contributed by atoms with Crippen LogP contribution in [0.1, 0.15) is 72.2 Å². The van der Waals surface area contributed by atoms with Gasteiger partial charge in [0.1, 0.15) is 22.6 Å². The largest absolute Gasteiger partial charge is 0.444 e. The van der Waals surface area contributed by atoms with Crippen molar-refractivity contribution < 1.29 is 14.1 Å². The molecule has 32 heavy (non-hydrogen) atoms. The number of nitrogens with one attached hydrogen (secondary N) is 1. The maximum absolute atomic E-state index is 12.3. The topological polar surface area (TPSA) is 108 Å². The lowest BCUT2D eigenvalue weighted by Crippen LogP contribution is -2.41. The van der Waals surface area contributed by atoms with Crippen LogP contribution in [0.25, 0.3) is 22.6 Å². The molecule has 9 nitrogen and oxygen atoms in total. The zero-order chi connectivity index (χ0) is 22.9. The number of hydrogen-bond donors (Lipinski definition) is 1. The highest BCUT2D eigenvalue weighted by Gasteiger charge is 2.29. The van der Waals surface area contributed by atoms with Gasteiger partial charge in [0.05, 0.1) is 11.7 Å². The number of carbonyl (C=O) groups is 1. The highest BCUT2D eigenvalue weighted by Crippen LogP contribution is 2.34. The zero-order valence-corrected chi connectivity index (χ0v) is 19.5. The second-order valence-corrected chi connectivity index (χ2v) is 9.97. The van der Waals surface area contributed by atoms with Crippen molar-refractivity contribution in [1.29, 1.82) is 0 Å². The van der Waals surface area contributed by atoms with E-state index in [1.54, 1.807) is 6.20 Å². The van der Waals surface area contributed by atoms with Crippen LogP contribution in [-0.2, 0) is 11.2 Å². The van der Waals surface area contributed by atoms with E-state index in [4.69, 9.17) is 14.2 Å². The fourth-order valence-corrected chi connectivity index (χ4v) is 4.37. The van der Waals surface area contributed by atoms with Gasteiger partial charge in [-0.05, 0) is 58.4 Å². The maximum atomic E-state index is 12.3. The Balaban J connectivity index is 1.64. The Morgan fingerprint density at radius 1 is 1.31 bits per heavy atom. The number of fused-ring (bicyclic) bond motifs is 1. The number of carbonyl (C=O) groups excluding carboxylic acids is 1. The Labute approximate surface area is 188 Å². The maximum Gasteiger partial charge on any atom is 0.407 e. The van der Waals surface area contributed by atoms with E-state index in [9.17, 15) is 4.79 Å². The molecule has 0 aromatic carbocycles. The molecule has 1 aliphatic rings. The normalized spacial score (nSPS) is 19.4. The summed E-state index contributed by atoms with van der Waals surface area (Å²) in [6.07, 6.45) is 7.42. The third-order valence-corrected chi connectivity index (χ3v) is 5.56. The molecule has 3 heterocycles. The van der Waals surface area contributed by atoms with Gasteiger partial charge >= 0.3 is 6.09 Å². The molecule has 0 unspecified atom stereocenters. The Hall–Kier alpha value is -2.97. The van der Waals surface area contributed by atoms with Gasteiger partial charge in [-0.3, -0.25) is 4.98 Å². The second kappa shape index (κ2) is 8.88. The van der Waals surface area contributed by atoms with Crippen molar-refractivity contribution >= 4 is 17.1 Å². The molecular formula is C23H32N6O3. The van der Waals surface area contributed by atoms with E-state index < -0.39 is 5.60 Å². The molecule has 0 spiro atoms. The van der Waals surface area contributed by atoms with Crippen LogP contribution in [0.5, 0.6) is 0 Å². The minimum atomic E-state index is -0.512. The predicted octanol–water partition coefficient (Wildman–Crippen LogP) is 4.69. The highest BCUT2D eigenvalue weighted by molar-refractivity contribution is 5.79. The third kappa shape index (κ3) is 5.08. The van der Waals surface area contributed by atoms with Crippen LogP contribution in [0.2, 0.25) is 0 Å². The monoisotopic (exact) mass is 440 g/mol. The molecular weight excluding hydrogens is 408 g/mol. The first-order valence-corrected chi connectivity index (χ1v) is 11.3. The van der Waals surface area contributed by atoms with Gasteiger partial charge in [-0.1, -0.05) is 19.0 Å². The van der Waals surface area contributed by atoms with E-state index in [2.05, 4.69) is 38.9 Å². The van der Waals surface area contributed by atoms with E-state index in [1.165, 1.54) is 6.39 Å². The smallest absolute Gasteiger partial charge is 0.407 e. The Morgan fingerprint density at radius 2 is 2.12 bits per heavy atom. The molecule has 0 radical (unpaired) electrons. The number of nitrogens with zero attached hydrogens (tertiary/aromatic N) is 5. The second-order valence-electron chi connectivity index (χ2n) is 9.97. The van der Waals surface area contributed by atoms with Crippen molar-refractivity contribution in [3.05, 3.63) is 24.5 Å². The standard InChI is InChI=1S/C23H32N6O3/c1-14(2)9-20-27-18-12-24-17(21-25-13-31-28-21)11-19(18)29(20)16-8-6-7-15(10-16)26-22(30)32-23(3,4)5/h11-16H,6-10H2,1-5H3,(H,26,30)/t15-,16+/m0/s1.